The van der Waals surface area contributed by atoms with Crippen molar-refractivity contribution < 1.29 is 24.7 Å². The molecule has 21 heteroatoms. The number of carbonyl (C=O) groups is 3. The first-order valence-electron chi connectivity index (χ1n) is 10.9. The number of aliphatic imine (C=N–C) groups is 1. The molecular formula is C19H21ClN10O5S5. The second kappa shape index (κ2) is 12.7. The topological polar surface area (TPSA) is 262 Å². The van der Waals surface area contributed by atoms with Crippen LogP contribution in [0.25, 0.3) is 0 Å². The average molecular weight is 665 g/mol. The normalized spacial score (nSPS) is 18.8. The van der Waals surface area contributed by atoms with Crippen LogP contribution in [0.3, 0.4) is 0 Å². The SMILES string of the molecule is NC(N)=NCCSCc1nc(N)sc1SC1=C(C(=O)O)N2C(=O)[C@@H](NC(=O)/C(=N\O)c3nc(N)sc3Cl)[C@H]2SC1. The number of nitrogens with zero attached hydrogens (tertiary/aromatic N) is 5. The van der Waals surface area contributed by atoms with E-state index in [0.29, 0.717) is 38.0 Å². The van der Waals surface area contributed by atoms with Crippen molar-refractivity contribution in [2.75, 3.05) is 29.5 Å². The lowest BCUT2D eigenvalue weighted by atomic mass is 10.0. The number of guanidine groups is 1. The van der Waals surface area contributed by atoms with Crippen molar-refractivity contribution in [1.82, 2.24) is 20.2 Å². The van der Waals surface area contributed by atoms with Gasteiger partial charge in [0.05, 0.1) is 16.4 Å². The quantitative estimate of drug-likeness (QED) is 0.0433. The van der Waals surface area contributed by atoms with Crippen LogP contribution in [0.15, 0.2) is 25.0 Å². The van der Waals surface area contributed by atoms with Gasteiger partial charge < -0.3 is 38.6 Å². The van der Waals surface area contributed by atoms with E-state index in [2.05, 4.69) is 25.4 Å². The minimum Gasteiger partial charge on any atom is -0.477 e. The van der Waals surface area contributed by atoms with E-state index in [1.165, 1.54) is 46.6 Å². The number of nitrogens with two attached hydrogens (primary N) is 4. The third kappa shape index (κ3) is 6.36. The Bertz CT molecular complexity index is 1440. The highest BCUT2D eigenvalue weighted by Crippen LogP contribution is 2.47. The molecule has 2 atom stereocenters. The zero-order valence-electron chi connectivity index (χ0n) is 20.1. The van der Waals surface area contributed by atoms with Crippen molar-refractivity contribution in [2.24, 2.45) is 21.6 Å². The van der Waals surface area contributed by atoms with Crippen molar-refractivity contribution >= 4 is 109 Å². The lowest BCUT2D eigenvalue weighted by Gasteiger charge is -2.49. The number of thiazole rings is 2. The number of aromatic nitrogens is 2. The monoisotopic (exact) mass is 664 g/mol. The molecule has 4 rings (SSSR count). The van der Waals surface area contributed by atoms with Crippen LogP contribution in [0.1, 0.15) is 11.4 Å². The Balaban J connectivity index is 1.48. The number of aliphatic carboxylic acids is 1. The number of rotatable bonds is 11. The third-order valence-electron chi connectivity index (χ3n) is 5.23. The van der Waals surface area contributed by atoms with E-state index < -0.39 is 34.9 Å². The van der Waals surface area contributed by atoms with E-state index in [9.17, 15) is 24.7 Å². The maximum Gasteiger partial charge on any atom is 0.353 e. The molecule has 1 saturated heterocycles. The molecule has 0 saturated carbocycles. The molecule has 214 valence electrons. The van der Waals surface area contributed by atoms with Crippen LogP contribution < -0.4 is 28.3 Å². The molecule has 0 radical (unpaired) electrons. The molecule has 0 aliphatic carbocycles. The number of anilines is 2. The van der Waals surface area contributed by atoms with Gasteiger partial charge in [-0.25, -0.2) is 14.8 Å². The van der Waals surface area contributed by atoms with Gasteiger partial charge in [0.15, 0.2) is 21.9 Å². The van der Waals surface area contributed by atoms with Gasteiger partial charge in [0, 0.05) is 22.2 Å². The van der Waals surface area contributed by atoms with Gasteiger partial charge >= 0.3 is 5.97 Å². The second-order valence-corrected chi connectivity index (χ2v) is 14.0. The number of fused-ring (bicyclic) bond motifs is 1. The summed E-state index contributed by atoms with van der Waals surface area (Å²) >= 11 is 12.1. The molecule has 0 spiro atoms. The summed E-state index contributed by atoms with van der Waals surface area (Å²) in [4.78, 5) is 51.8. The smallest absolute Gasteiger partial charge is 0.353 e. The van der Waals surface area contributed by atoms with Crippen LogP contribution >= 0.6 is 69.6 Å². The Morgan fingerprint density at radius 1 is 1.23 bits per heavy atom. The van der Waals surface area contributed by atoms with Gasteiger partial charge in [0.2, 0.25) is 0 Å². The van der Waals surface area contributed by atoms with E-state index in [4.69, 9.17) is 34.5 Å². The molecule has 15 nitrogen and oxygen atoms in total. The number of oxime groups is 1. The number of nitrogens with one attached hydrogen (secondary N) is 1. The van der Waals surface area contributed by atoms with E-state index in [1.54, 1.807) is 0 Å². The fourth-order valence-electron chi connectivity index (χ4n) is 3.59. The molecule has 0 unspecified atom stereocenters. The first-order valence-corrected chi connectivity index (χ1v) is 16.0. The molecule has 2 amide bonds. The highest BCUT2D eigenvalue weighted by molar-refractivity contribution is 8.07. The first kappa shape index (κ1) is 30.1. The predicted molar refractivity (Wildman–Crippen MR) is 159 cm³/mol. The number of nitrogen functional groups attached to an aromatic ring is 2. The van der Waals surface area contributed by atoms with Crippen molar-refractivity contribution in [3.8, 4) is 0 Å². The van der Waals surface area contributed by atoms with Gasteiger partial charge in [-0.2, -0.15) is 11.8 Å². The molecule has 11 N–H and O–H groups in total. The Kier molecular flexibility index (Phi) is 9.56. The minimum absolute atomic E-state index is 0.00866. The number of hydrogen-bond acceptors (Lipinski definition) is 15. The number of β-lactam (4-membered cyclic amide) rings is 1. The zero-order chi connectivity index (χ0) is 29.1. The summed E-state index contributed by atoms with van der Waals surface area (Å²) in [6, 6.07) is -1.07. The third-order valence-corrected chi connectivity index (χ3v) is 10.9. The number of thioether (sulfide) groups is 3. The van der Waals surface area contributed by atoms with Gasteiger partial charge in [-0.3, -0.25) is 19.5 Å². The van der Waals surface area contributed by atoms with Crippen molar-refractivity contribution in [3.05, 3.63) is 26.3 Å². The summed E-state index contributed by atoms with van der Waals surface area (Å²) in [5.41, 5.74) is 22.0. The van der Waals surface area contributed by atoms with E-state index >= 15 is 0 Å². The molecule has 0 aromatic carbocycles. The largest absolute Gasteiger partial charge is 0.477 e. The standard InChI is InChI=1S/C19H21ClN10O5S5/c20-11-7(28-19(24)39-11)8(29-35)12(31)27-9-13(32)30-10(15(33)34)6(4-37-14(9)30)38-16-5(26-18(23)40-16)3-36-2-1-25-17(21)22/h9,14,35H,1-4H2,(H2,23,26)(H2,24,28)(H,27,31)(H,33,34)(H4,21,22,25)/b29-8-/t9-,14-/m1/s1. The Morgan fingerprint density at radius 2 is 1.95 bits per heavy atom. The minimum atomic E-state index is -1.29. The molecule has 4 heterocycles. The summed E-state index contributed by atoms with van der Waals surface area (Å²) in [5, 5.41) is 24.5. The number of carboxylic acid groups (broad SMARTS) is 1. The number of halogens is 1. The molecule has 2 aromatic heterocycles. The Hall–Kier alpha value is -2.91. The van der Waals surface area contributed by atoms with Crippen LogP contribution in [0.4, 0.5) is 10.3 Å². The molecule has 0 bridgehead atoms. The molecule has 2 aliphatic heterocycles. The van der Waals surface area contributed by atoms with Crippen LogP contribution in [0.5, 0.6) is 0 Å². The summed E-state index contributed by atoms with van der Waals surface area (Å²) in [5.74, 6) is -1.45. The van der Waals surface area contributed by atoms with Gasteiger partial charge in [0.25, 0.3) is 11.8 Å². The number of carbonyl (C=O) groups excluding carboxylic acids is 2. The summed E-state index contributed by atoms with van der Waals surface area (Å²) < 4.78 is 0.739. The highest BCUT2D eigenvalue weighted by atomic mass is 35.5. The highest BCUT2D eigenvalue weighted by Gasteiger charge is 2.54. The summed E-state index contributed by atoms with van der Waals surface area (Å²) in [6.45, 7) is 0.437. The van der Waals surface area contributed by atoms with Gasteiger partial charge in [-0.05, 0) is 0 Å². The number of hydrogen-bond donors (Lipinski definition) is 7. The Labute approximate surface area is 251 Å². The predicted octanol–water partition coefficient (Wildman–Crippen LogP) is 0.591. The van der Waals surface area contributed by atoms with Crippen molar-refractivity contribution in [3.63, 3.8) is 0 Å². The van der Waals surface area contributed by atoms with Gasteiger partial charge in [0.1, 0.15) is 27.1 Å². The van der Waals surface area contributed by atoms with E-state index in [-0.39, 0.29) is 32.6 Å². The lowest BCUT2D eigenvalue weighted by Crippen LogP contribution is -2.71. The van der Waals surface area contributed by atoms with Gasteiger partial charge in [-0.15, -0.1) is 11.8 Å². The van der Waals surface area contributed by atoms with Crippen molar-refractivity contribution in [2.45, 2.75) is 21.4 Å². The number of carboxylic acids is 1. The molecule has 1 fully saturated rings. The summed E-state index contributed by atoms with van der Waals surface area (Å²) in [7, 11) is 0. The van der Waals surface area contributed by atoms with E-state index in [1.807, 2.05) is 0 Å². The van der Waals surface area contributed by atoms with Crippen LogP contribution in [-0.4, -0.2) is 84.1 Å². The van der Waals surface area contributed by atoms with Crippen LogP contribution in [-0.2, 0) is 20.1 Å². The fourth-order valence-corrected chi connectivity index (χ4v) is 9.15. The van der Waals surface area contributed by atoms with Gasteiger partial charge in [-0.1, -0.05) is 51.2 Å². The van der Waals surface area contributed by atoms with Crippen LogP contribution in [0, 0.1) is 0 Å². The second-order valence-electron chi connectivity index (χ2n) is 7.81. The average Bonchev–Trinajstić information content (AvgIpc) is 3.41. The molecule has 2 aromatic rings. The first-order chi connectivity index (χ1) is 19.0. The molecule has 40 heavy (non-hydrogen) atoms. The maximum atomic E-state index is 13.1. The molecular weight excluding hydrogens is 644 g/mol. The molecule has 2 aliphatic rings. The fraction of sp³-hybridized carbons (Fsp3) is 0.316. The lowest BCUT2D eigenvalue weighted by molar-refractivity contribution is -0.150. The Morgan fingerprint density at radius 3 is 2.58 bits per heavy atom. The van der Waals surface area contributed by atoms with Crippen LogP contribution in [0.2, 0.25) is 4.34 Å². The maximum absolute atomic E-state index is 13.1. The summed E-state index contributed by atoms with van der Waals surface area (Å²) in [6.07, 6.45) is 0. The number of amides is 2. The van der Waals surface area contributed by atoms with Crippen molar-refractivity contribution in [1.29, 1.82) is 0 Å². The van der Waals surface area contributed by atoms with E-state index in [0.717, 1.165) is 16.2 Å². The zero-order valence-corrected chi connectivity index (χ0v) is 24.9.